The van der Waals surface area contributed by atoms with Crippen molar-refractivity contribution in [3.05, 3.63) is 18.2 Å². The first kappa shape index (κ1) is 20.2. The van der Waals surface area contributed by atoms with Gasteiger partial charge in [-0.15, -0.1) is 11.8 Å². The summed E-state index contributed by atoms with van der Waals surface area (Å²) in [6.45, 7) is 4.72. The van der Waals surface area contributed by atoms with Gasteiger partial charge < -0.3 is 9.64 Å². The largest absolute Gasteiger partial charge is 0.466 e. The number of piperidine rings is 1. The number of nitrogens with zero attached hydrogens (tertiary/aromatic N) is 2. The van der Waals surface area contributed by atoms with E-state index in [2.05, 4.69) is 0 Å². The molecule has 0 atom stereocenters. The molecule has 148 valence electrons. The molecule has 0 spiro atoms. The highest BCUT2D eigenvalue weighted by Gasteiger charge is 2.33. The van der Waals surface area contributed by atoms with Gasteiger partial charge in [0.25, 0.3) is 0 Å². The fourth-order valence-electron chi connectivity index (χ4n) is 3.43. The van der Waals surface area contributed by atoms with Gasteiger partial charge in [-0.1, -0.05) is 0 Å². The lowest BCUT2D eigenvalue weighted by Gasteiger charge is -2.31. The summed E-state index contributed by atoms with van der Waals surface area (Å²) in [5.74, 6) is 0.198. The van der Waals surface area contributed by atoms with Crippen LogP contribution in [0.25, 0.3) is 0 Å². The summed E-state index contributed by atoms with van der Waals surface area (Å²) in [6, 6.07) is 4.96. The van der Waals surface area contributed by atoms with Crippen molar-refractivity contribution in [1.82, 2.24) is 4.31 Å². The number of carbonyl (C=O) groups is 2. The summed E-state index contributed by atoms with van der Waals surface area (Å²) in [4.78, 5) is 26.5. The molecule has 9 heteroatoms. The van der Waals surface area contributed by atoms with E-state index in [9.17, 15) is 18.0 Å². The van der Waals surface area contributed by atoms with Crippen LogP contribution in [0.1, 0.15) is 26.7 Å². The first-order chi connectivity index (χ1) is 12.8. The van der Waals surface area contributed by atoms with E-state index in [1.807, 2.05) is 0 Å². The summed E-state index contributed by atoms with van der Waals surface area (Å²) in [5.41, 5.74) is 0.654. The minimum atomic E-state index is -3.67. The van der Waals surface area contributed by atoms with Gasteiger partial charge in [0.2, 0.25) is 15.9 Å². The van der Waals surface area contributed by atoms with Gasteiger partial charge in [-0.05, 0) is 38.0 Å². The Hall–Kier alpha value is -1.58. The predicted octanol–water partition coefficient (Wildman–Crippen LogP) is 2.11. The molecule has 2 aliphatic heterocycles. The Labute approximate surface area is 164 Å². The van der Waals surface area contributed by atoms with Crippen LogP contribution in [0.4, 0.5) is 5.69 Å². The second-order valence-corrected chi connectivity index (χ2v) is 9.65. The van der Waals surface area contributed by atoms with Crippen LogP contribution in [-0.2, 0) is 24.3 Å². The highest BCUT2D eigenvalue weighted by Crippen LogP contribution is 2.37. The van der Waals surface area contributed by atoms with Crippen LogP contribution in [0.5, 0.6) is 0 Å². The molecule has 1 amide bonds. The van der Waals surface area contributed by atoms with Crippen molar-refractivity contribution in [2.45, 2.75) is 36.5 Å². The van der Waals surface area contributed by atoms with Crippen molar-refractivity contribution >= 4 is 39.3 Å². The van der Waals surface area contributed by atoms with Crippen molar-refractivity contribution in [3.63, 3.8) is 0 Å². The van der Waals surface area contributed by atoms with Gasteiger partial charge in [-0.2, -0.15) is 4.31 Å². The Kier molecular flexibility index (Phi) is 6.12. The van der Waals surface area contributed by atoms with Crippen LogP contribution in [0.2, 0.25) is 0 Å². The average molecular weight is 413 g/mol. The van der Waals surface area contributed by atoms with E-state index in [1.165, 1.54) is 11.2 Å². The number of esters is 1. The van der Waals surface area contributed by atoms with Crippen LogP contribution in [-0.4, -0.2) is 56.6 Å². The molecule has 27 heavy (non-hydrogen) atoms. The van der Waals surface area contributed by atoms with Gasteiger partial charge in [-0.25, -0.2) is 8.42 Å². The van der Waals surface area contributed by atoms with E-state index in [0.717, 1.165) is 10.6 Å². The Morgan fingerprint density at radius 2 is 1.93 bits per heavy atom. The van der Waals surface area contributed by atoms with Gasteiger partial charge >= 0.3 is 5.97 Å². The molecule has 2 aliphatic rings. The lowest BCUT2D eigenvalue weighted by molar-refractivity contribution is -0.149. The maximum atomic E-state index is 13.1. The van der Waals surface area contributed by atoms with Crippen LogP contribution in [0.15, 0.2) is 28.0 Å². The van der Waals surface area contributed by atoms with E-state index in [1.54, 1.807) is 41.8 Å². The smallest absolute Gasteiger partial charge is 0.309 e. The molecule has 0 aromatic heterocycles. The molecule has 0 radical (unpaired) electrons. The number of hydrogen-bond acceptors (Lipinski definition) is 6. The zero-order valence-corrected chi connectivity index (χ0v) is 17.1. The molecule has 2 heterocycles. The lowest BCUT2D eigenvalue weighted by atomic mass is 9.98. The molecule has 1 aromatic rings. The number of benzene rings is 1. The van der Waals surface area contributed by atoms with E-state index < -0.39 is 10.0 Å². The molecule has 0 aliphatic carbocycles. The molecule has 1 saturated heterocycles. The SMILES string of the molecule is CCOC(=O)C1CCN(S(=O)(=O)c2ccc3c(c2)N(C(C)=O)CCS3)CC1. The van der Waals surface area contributed by atoms with Gasteiger partial charge in [-0.3, -0.25) is 9.59 Å². The number of fused-ring (bicyclic) bond motifs is 1. The van der Waals surface area contributed by atoms with Crippen LogP contribution in [0, 0.1) is 5.92 Å². The highest BCUT2D eigenvalue weighted by molar-refractivity contribution is 7.99. The third-order valence-corrected chi connectivity index (χ3v) is 7.82. The number of anilines is 1. The number of amides is 1. The molecule has 1 fully saturated rings. The zero-order chi connectivity index (χ0) is 19.6. The monoisotopic (exact) mass is 412 g/mol. The summed E-state index contributed by atoms with van der Waals surface area (Å²) in [7, 11) is -3.67. The van der Waals surface area contributed by atoms with Crippen LogP contribution in [0.3, 0.4) is 0 Å². The number of ether oxygens (including phenoxy) is 1. The van der Waals surface area contributed by atoms with Crippen LogP contribution >= 0.6 is 11.8 Å². The predicted molar refractivity (Wildman–Crippen MR) is 103 cm³/mol. The second kappa shape index (κ2) is 8.20. The van der Waals surface area contributed by atoms with Crippen molar-refractivity contribution in [2.75, 3.05) is 36.9 Å². The zero-order valence-electron chi connectivity index (χ0n) is 15.5. The Bertz CT molecular complexity index is 832. The lowest BCUT2D eigenvalue weighted by Crippen LogP contribution is -2.40. The van der Waals surface area contributed by atoms with Crippen molar-refractivity contribution in [1.29, 1.82) is 0 Å². The molecule has 1 aromatic carbocycles. The normalized spacial score (nSPS) is 18.8. The summed E-state index contributed by atoms with van der Waals surface area (Å²) in [6.07, 6.45) is 0.914. The van der Waals surface area contributed by atoms with Crippen LogP contribution < -0.4 is 4.90 Å². The first-order valence-electron chi connectivity index (χ1n) is 9.06. The molecule has 0 saturated carbocycles. The first-order valence-corrected chi connectivity index (χ1v) is 11.5. The fraction of sp³-hybridized carbons (Fsp3) is 0.556. The minimum absolute atomic E-state index is 0.0960. The highest BCUT2D eigenvalue weighted by atomic mass is 32.2. The quantitative estimate of drug-likeness (QED) is 0.705. The second-order valence-electron chi connectivity index (χ2n) is 6.58. The molecular weight excluding hydrogens is 388 g/mol. The Morgan fingerprint density at radius 1 is 1.22 bits per heavy atom. The summed E-state index contributed by atoms with van der Waals surface area (Å²) >= 11 is 1.62. The summed E-state index contributed by atoms with van der Waals surface area (Å²) < 4.78 is 32.6. The Balaban J connectivity index is 1.79. The van der Waals surface area contributed by atoms with E-state index in [4.69, 9.17) is 4.74 Å². The van der Waals surface area contributed by atoms with E-state index >= 15 is 0 Å². The van der Waals surface area contributed by atoms with Crippen molar-refractivity contribution < 1.29 is 22.7 Å². The van der Waals surface area contributed by atoms with Gasteiger partial charge in [0.15, 0.2) is 0 Å². The number of carbonyl (C=O) groups excluding carboxylic acids is 2. The van der Waals surface area contributed by atoms with Crippen molar-refractivity contribution in [3.8, 4) is 0 Å². The molecule has 0 N–H and O–H groups in total. The van der Waals surface area contributed by atoms with Gasteiger partial charge in [0.1, 0.15) is 0 Å². The molecule has 7 nitrogen and oxygen atoms in total. The fourth-order valence-corrected chi connectivity index (χ4v) is 5.89. The standard InChI is InChI=1S/C18H24N2O5S2/c1-3-25-18(22)14-6-8-19(9-7-14)27(23,24)15-4-5-17-16(12-15)20(13(2)21)10-11-26-17/h4-5,12,14H,3,6-11H2,1-2H3. The third kappa shape index (κ3) is 4.14. The number of hydrogen-bond donors (Lipinski definition) is 0. The molecule has 3 rings (SSSR count). The molecule has 0 bridgehead atoms. The number of sulfonamides is 1. The molecule has 0 unspecified atom stereocenters. The van der Waals surface area contributed by atoms with Crippen molar-refractivity contribution in [2.24, 2.45) is 5.92 Å². The van der Waals surface area contributed by atoms with Gasteiger partial charge in [0.05, 0.1) is 23.1 Å². The number of thioether (sulfide) groups is 1. The average Bonchev–Trinajstić information content (AvgIpc) is 2.67. The number of rotatable bonds is 4. The van der Waals surface area contributed by atoms with Gasteiger partial charge in [0, 0.05) is 37.2 Å². The third-order valence-electron chi connectivity index (χ3n) is 4.89. The summed E-state index contributed by atoms with van der Waals surface area (Å²) in [5, 5.41) is 0. The topological polar surface area (TPSA) is 84.0 Å². The molecular formula is C18H24N2O5S2. The van der Waals surface area contributed by atoms with E-state index in [-0.39, 0.29) is 35.8 Å². The maximum absolute atomic E-state index is 13.1. The maximum Gasteiger partial charge on any atom is 0.309 e. The minimum Gasteiger partial charge on any atom is -0.466 e. The van der Waals surface area contributed by atoms with E-state index in [0.29, 0.717) is 31.7 Å². The Morgan fingerprint density at radius 3 is 2.56 bits per heavy atom.